The van der Waals surface area contributed by atoms with Crippen molar-refractivity contribution in [2.75, 3.05) is 12.4 Å². The van der Waals surface area contributed by atoms with E-state index < -0.39 is 0 Å². The average Bonchev–Trinajstić information content (AvgIpc) is 2.77. The van der Waals surface area contributed by atoms with Gasteiger partial charge in [-0.25, -0.2) is 0 Å². The van der Waals surface area contributed by atoms with E-state index in [1.807, 2.05) is 42.5 Å². The molecule has 3 aromatic rings. The lowest BCUT2D eigenvalue weighted by molar-refractivity contribution is 0.0935. The molecule has 0 aromatic heterocycles. The highest BCUT2D eigenvalue weighted by molar-refractivity contribution is 7.99. The molecule has 3 nitrogen and oxygen atoms in total. The van der Waals surface area contributed by atoms with Crippen molar-refractivity contribution in [2.45, 2.75) is 31.2 Å². The molecule has 0 heterocycles. The zero-order chi connectivity index (χ0) is 20.5. The molecule has 0 saturated heterocycles. The fourth-order valence-corrected chi connectivity index (χ4v) is 3.75. The lowest BCUT2D eigenvalue weighted by atomic mass is 10.0. The van der Waals surface area contributed by atoms with E-state index in [0.29, 0.717) is 12.2 Å². The van der Waals surface area contributed by atoms with Gasteiger partial charge in [0, 0.05) is 16.2 Å². The van der Waals surface area contributed by atoms with Crippen molar-refractivity contribution in [3.63, 3.8) is 0 Å². The number of aryl methyl sites for hydroxylation is 1. The molecular formula is C25H27NO2S. The Kier molecular flexibility index (Phi) is 7.77. The highest BCUT2D eigenvalue weighted by atomic mass is 32.2. The fourth-order valence-electron chi connectivity index (χ4n) is 3.00. The fraction of sp³-hybridized carbons (Fsp3) is 0.240. The van der Waals surface area contributed by atoms with E-state index in [2.05, 4.69) is 55.6 Å². The van der Waals surface area contributed by atoms with E-state index in [0.717, 1.165) is 23.5 Å². The standard InChI is InChI=1S/C25H27NO2S/c1-3-24(20-11-9-19(2)10-12-20)26-25(27)21-13-15-22(16-14-21)28-17-18-29-23-7-5-4-6-8-23/h4-16,24H,3,17-18H2,1-2H3,(H,26,27)/t24-/m0/s1. The summed E-state index contributed by atoms with van der Waals surface area (Å²) in [6, 6.07) is 25.9. The second kappa shape index (κ2) is 10.7. The second-order valence-corrected chi connectivity index (χ2v) is 8.05. The largest absolute Gasteiger partial charge is 0.493 e. The molecular weight excluding hydrogens is 378 g/mol. The first-order valence-corrected chi connectivity index (χ1v) is 10.9. The van der Waals surface area contributed by atoms with Gasteiger partial charge in [0.1, 0.15) is 5.75 Å². The maximum atomic E-state index is 12.6. The van der Waals surface area contributed by atoms with Crippen molar-refractivity contribution >= 4 is 17.7 Å². The number of benzene rings is 3. The van der Waals surface area contributed by atoms with E-state index in [4.69, 9.17) is 4.74 Å². The Balaban J connectivity index is 1.49. The summed E-state index contributed by atoms with van der Waals surface area (Å²) in [5.41, 5.74) is 2.98. The van der Waals surface area contributed by atoms with Gasteiger partial charge in [-0.2, -0.15) is 0 Å². The molecule has 3 aromatic carbocycles. The van der Waals surface area contributed by atoms with Crippen LogP contribution in [-0.4, -0.2) is 18.3 Å². The van der Waals surface area contributed by atoms with Crippen LogP contribution in [0.15, 0.2) is 83.8 Å². The zero-order valence-electron chi connectivity index (χ0n) is 16.9. The molecule has 0 spiro atoms. The van der Waals surface area contributed by atoms with Crippen LogP contribution in [0.4, 0.5) is 0 Å². The van der Waals surface area contributed by atoms with Crippen LogP contribution in [0.5, 0.6) is 5.75 Å². The maximum Gasteiger partial charge on any atom is 0.251 e. The first-order valence-electron chi connectivity index (χ1n) is 9.94. The number of carbonyl (C=O) groups is 1. The molecule has 0 unspecified atom stereocenters. The van der Waals surface area contributed by atoms with Crippen molar-refractivity contribution in [1.82, 2.24) is 5.32 Å². The number of ether oxygens (including phenoxy) is 1. The SMILES string of the molecule is CC[C@H](NC(=O)c1ccc(OCCSc2ccccc2)cc1)c1ccc(C)cc1. The Bertz CT molecular complexity index is 892. The molecule has 29 heavy (non-hydrogen) atoms. The summed E-state index contributed by atoms with van der Waals surface area (Å²) in [7, 11) is 0. The maximum absolute atomic E-state index is 12.6. The minimum atomic E-state index is -0.0661. The Labute approximate surface area is 177 Å². The topological polar surface area (TPSA) is 38.3 Å². The van der Waals surface area contributed by atoms with Crippen LogP contribution in [-0.2, 0) is 0 Å². The molecule has 3 rings (SSSR count). The van der Waals surface area contributed by atoms with Gasteiger partial charge in [0.2, 0.25) is 0 Å². The summed E-state index contributed by atoms with van der Waals surface area (Å²) >= 11 is 1.77. The highest BCUT2D eigenvalue weighted by Crippen LogP contribution is 2.20. The summed E-state index contributed by atoms with van der Waals surface area (Å²) in [6.45, 7) is 4.76. The zero-order valence-corrected chi connectivity index (χ0v) is 17.7. The molecule has 0 aliphatic rings. The van der Waals surface area contributed by atoms with Crippen LogP contribution in [0.25, 0.3) is 0 Å². The number of rotatable bonds is 9. The van der Waals surface area contributed by atoms with Crippen LogP contribution in [0.1, 0.15) is 40.9 Å². The van der Waals surface area contributed by atoms with Crippen LogP contribution in [0.2, 0.25) is 0 Å². The van der Waals surface area contributed by atoms with Gasteiger partial charge >= 0.3 is 0 Å². The summed E-state index contributed by atoms with van der Waals surface area (Å²) < 4.78 is 5.79. The van der Waals surface area contributed by atoms with E-state index in [1.54, 1.807) is 11.8 Å². The number of hydrogen-bond acceptors (Lipinski definition) is 3. The third kappa shape index (κ3) is 6.40. The van der Waals surface area contributed by atoms with Gasteiger partial charge in [0.05, 0.1) is 12.6 Å². The Morgan fingerprint density at radius 1 is 0.966 bits per heavy atom. The van der Waals surface area contributed by atoms with Crippen LogP contribution >= 0.6 is 11.8 Å². The lowest BCUT2D eigenvalue weighted by Gasteiger charge is -2.18. The van der Waals surface area contributed by atoms with Crippen molar-refractivity contribution < 1.29 is 9.53 Å². The van der Waals surface area contributed by atoms with Gasteiger partial charge < -0.3 is 10.1 Å². The molecule has 0 fully saturated rings. The predicted octanol–water partition coefficient (Wildman–Crippen LogP) is 6.05. The molecule has 0 saturated carbocycles. The minimum Gasteiger partial charge on any atom is -0.493 e. The third-order valence-electron chi connectivity index (χ3n) is 4.67. The van der Waals surface area contributed by atoms with Gasteiger partial charge in [0.25, 0.3) is 5.91 Å². The molecule has 0 radical (unpaired) electrons. The van der Waals surface area contributed by atoms with Gasteiger partial charge in [-0.1, -0.05) is 55.0 Å². The van der Waals surface area contributed by atoms with Crippen molar-refractivity contribution in [1.29, 1.82) is 0 Å². The van der Waals surface area contributed by atoms with Gasteiger partial charge in [-0.05, 0) is 55.3 Å². The molecule has 1 atom stereocenters. The Morgan fingerprint density at radius 2 is 1.66 bits per heavy atom. The quantitative estimate of drug-likeness (QED) is 0.348. The van der Waals surface area contributed by atoms with E-state index >= 15 is 0 Å². The minimum absolute atomic E-state index is 0.00837. The normalized spacial score (nSPS) is 11.7. The number of thioether (sulfide) groups is 1. The van der Waals surface area contributed by atoms with Crippen molar-refractivity contribution in [2.24, 2.45) is 0 Å². The molecule has 0 aliphatic carbocycles. The van der Waals surface area contributed by atoms with Crippen molar-refractivity contribution in [3.05, 3.63) is 95.6 Å². The molecule has 0 bridgehead atoms. The van der Waals surface area contributed by atoms with Crippen LogP contribution in [0.3, 0.4) is 0 Å². The molecule has 1 amide bonds. The lowest BCUT2D eigenvalue weighted by Crippen LogP contribution is -2.28. The number of amides is 1. The number of hydrogen-bond donors (Lipinski definition) is 1. The van der Waals surface area contributed by atoms with E-state index in [9.17, 15) is 4.79 Å². The molecule has 1 N–H and O–H groups in total. The number of carbonyl (C=O) groups excluding carboxylic acids is 1. The monoisotopic (exact) mass is 405 g/mol. The predicted molar refractivity (Wildman–Crippen MR) is 121 cm³/mol. The number of nitrogens with one attached hydrogen (secondary N) is 1. The van der Waals surface area contributed by atoms with Gasteiger partial charge in [-0.3, -0.25) is 4.79 Å². The van der Waals surface area contributed by atoms with Crippen LogP contribution < -0.4 is 10.1 Å². The second-order valence-electron chi connectivity index (χ2n) is 6.88. The summed E-state index contributed by atoms with van der Waals surface area (Å²) in [6.07, 6.45) is 0.842. The van der Waals surface area contributed by atoms with Gasteiger partial charge in [0.15, 0.2) is 0 Å². The average molecular weight is 406 g/mol. The van der Waals surface area contributed by atoms with Crippen molar-refractivity contribution in [3.8, 4) is 5.75 Å². The first-order chi connectivity index (χ1) is 14.2. The van der Waals surface area contributed by atoms with E-state index in [-0.39, 0.29) is 11.9 Å². The Morgan fingerprint density at radius 3 is 2.31 bits per heavy atom. The summed E-state index contributed by atoms with van der Waals surface area (Å²) in [4.78, 5) is 13.9. The summed E-state index contributed by atoms with van der Waals surface area (Å²) in [5, 5.41) is 3.13. The smallest absolute Gasteiger partial charge is 0.251 e. The molecule has 4 heteroatoms. The summed E-state index contributed by atoms with van der Waals surface area (Å²) in [5.74, 6) is 1.59. The third-order valence-corrected chi connectivity index (χ3v) is 5.65. The van der Waals surface area contributed by atoms with Crippen LogP contribution in [0, 0.1) is 6.92 Å². The highest BCUT2D eigenvalue weighted by Gasteiger charge is 2.14. The van der Waals surface area contributed by atoms with Gasteiger partial charge in [-0.15, -0.1) is 11.8 Å². The molecule has 0 aliphatic heterocycles. The first kappa shape index (κ1) is 21.0. The van der Waals surface area contributed by atoms with E-state index in [1.165, 1.54) is 10.5 Å². The molecule has 150 valence electrons. The Hall–Kier alpha value is -2.72.